The van der Waals surface area contributed by atoms with Crippen LogP contribution in [0.25, 0.3) is 0 Å². The standard InChI is InChI=1S/C8H10BrN3O2S/c1-2-14-5(13)3-15-8-6(9)7(10)11-4-12-8/h4H,2-3H2,1H3,(H2,10,11,12). The molecule has 1 aromatic rings. The number of rotatable bonds is 4. The van der Waals surface area contributed by atoms with E-state index in [0.717, 1.165) is 0 Å². The second-order valence-corrected chi connectivity index (χ2v) is 4.23. The number of nitrogen functional groups attached to an aromatic ring is 1. The third-order valence-electron chi connectivity index (χ3n) is 1.42. The van der Waals surface area contributed by atoms with E-state index in [1.807, 2.05) is 0 Å². The molecule has 82 valence electrons. The van der Waals surface area contributed by atoms with Gasteiger partial charge in [-0.2, -0.15) is 0 Å². The SMILES string of the molecule is CCOC(=O)CSc1ncnc(N)c1Br. The van der Waals surface area contributed by atoms with E-state index in [1.54, 1.807) is 6.92 Å². The van der Waals surface area contributed by atoms with Gasteiger partial charge in [0.2, 0.25) is 0 Å². The van der Waals surface area contributed by atoms with Crippen LogP contribution in [0, 0.1) is 0 Å². The summed E-state index contributed by atoms with van der Waals surface area (Å²) in [5, 5.41) is 0.635. The Bertz CT molecular complexity index is 362. The van der Waals surface area contributed by atoms with Crippen molar-refractivity contribution in [2.45, 2.75) is 11.9 Å². The van der Waals surface area contributed by atoms with Gasteiger partial charge in [0.15, 0.2) is 0 Å². The molecule has 0 aromatic carbocycles. The number of ether oxygens (including phenoxy) is 1. The third kappa shape index (κ3) is 3.67. The number of hydrogen-bond acceptors (Lipinski definition) is 6. The van der Waals surface area contributed by atoms with Crippen LogP contribution in [0.5, 0.6) is 0 Å². The van der Waals surface area contributed by atoms with Crippen molar-refractivity contribution in [3.05, 3.63) is 10.8 Å². The molecule has 2 N–H and O–H groups in total. The van der Waals surface area contributed by atoms with E-state index in [2.05, 4.69) is 25.9 Å². The zero-order valence-corrected chi connectivity index (χ0v) is 10.5. The fourth-order valence-corrected chi connectivity index (χ4v) is 2.04. The summed E-state index contributed by atoms with van der Waals surface area (Å²) in [6.07, 6.45) is 1.35. The minimum absolute atomic E-state index is 0.211. The first-order chi connectivity index (χ1) is 7.15. The van der Waals surface area contributed by atoms with Crippen LogP contribution in [0.4, 0.5) is 5.82 Å². The number of halogens is 1. The Hall–Kier alpha value is -0.820. The number of nitrogens with zero attached hydrogens (tertiary/aromatic N) is 2. The number of aromatic nitrogens is 2. The minimum atomic E-state index is -0.272. The molecule has 0 radical (unpaired) electrons. The molecule has 0 atom stereocenters. The fourth-order valence-electron chi connectivity index (χ4n) is 0.797. The van der Waals surface area contributed by atoms with E-state index in [1.165, 1.54) is 18.1 Å². The van der Waals surface area contributed by atoms with Crippen molar-refractivity contribution < 1.29 is 9.53 Å². The number of thioether (sulfide) groups is 1. The molecule has 1 heterocycles. The molecule has 7 heteroatoms. The van der Waals surface area contributed by atoms with E-state index >= 15 is 0 Å². The lowest BCUT2D eigenvalue weighted by molar-refractivity contribution is -0.139. The van der Waals surface area contributed by atoms with Crippen molar-refractivity contribution in [2.24, 2.45) is 0 Å². The van der Waals surface area contributed by atoms with Crippen molar-refractivity contribution in [1.29, 1.82) is 0 Å². The van der Waals surface area contributed by atoms with Crippen LogP contribution in [0.2, 0.25) is 0 Å². The van der Waals surface area contributed by atoms with Crippen molar-refractivity contribution in [2.75, 3.05) is 18.1 Å². The minimum Gasteiger partial charge on any atom is -0.465 e. The van der Waals surface area contributed by atoms with Crippen molar-refractivity contribution >= 4 is 39.5 Å². The highest BCUT2D eigenvalue weighted by Crippen LogP contribution is 2.28. The maximum Gasteiger partial charge on any atom is 0.316 e. The second-order valence-electron chi connectivity index (χ2n) is 2.47. The zero-order valence-electron chi connectivity index (χ0n) is 8.07. The van der Waals surface area contributed by atoms with Gasteiger partial charge in [-0.05, 0) is 22.9 Å². The molecule has 0 aliphatic carbocycles. The summed E-state index contributed by atoms with van der Waals surface area (Å²) in [5.41, 5.74) is 5.56. The molecule has 0 aliphatic rings. The summed E-state index contributed by atoms with van der Waals surface area (Å²) in [7, 11) is 0. The largest absolute Gasteiger partial charge is 0.465 e. The van der Waals surface area contributed by atoms with Gasteiger partial charge in [0.05, 0.1) is 16.8 Å². The first kappa shape index (κ1) is 12.3. The van der Waals surface area contributed by atoms with E-state index in [-0.39, 0.29) is 11.7 Å². The Morgan fingerprint density at radius 2 is 2.40 bits per heavy atom. The van der Waals surface area contributed by atoms with Crippen molar-refractivity contribution in [1.82, 2.24) is 9.97 Å². The van der Waals surface area contributed by atoms with Crippen LogP contribution in [-0.2, 0) is 9.53 Å². The zero-order chi connectivity index (χ0) is 11.3. The molecule has 0 saturated carbocycles. The molecule has 0 bridgehead atoms. The molecule has 0 saturated heterocycles. The fraction of sp³-hybridized carbons (Fsp3) is 0.375. The van der Waals surface area contributed by atoms with Crippen LogP contribution >= 0.6 is 27.7 Å². The molecule has 0 amide bonds. The summed E-state index contributed by atoms with van der Waals surface area (Å²) in [4.78, 5) is 18.9. The highest BCUT2D eigenvalue weighted by atomic mass is 79.9. The summed E-state index contributed by atoms with van der Waals surface area (Å²) in [5.74, 6) is 0.297. The Labute approximate surface area is 99.9 Å². The number of carbonyl (C=O) groups excluding carboxylic acids is 1. The topological polar surface area (TPSA) is 78.1 Å². The van der Waals surface area contributed by atoms with Crippen molar-refractivity contribution in [3.8, 4) is 0 Å². The predicted octanol–water partition coefficient (Wildman–Crippen LogP) is 1.48. The molecule has 15 heavy (non-hydrogen) atoms. The number of esters is 1. The van der Waals surface area contributed by atoms with Gasteiger partial charge in [-0.1, -0.05) is 11.8 Å². The summed E-state index contributed by atoms with van der Waals surface area (Å²) < 4.78 is 5.39. The maximum absolute atomic E-state index is 11.1. The normalized spacial score (nSPS) is 10.0. The predicted molar refractivity (Wildman–Crippen MR) is 61.5 cm³/mol. The molecular weight excluding hydrogens is 282 g/mol. The summed E-state index contributed by atoms with van der Waals surface area (Å²) in [6, 6.07) is 0. The molecule has 1 rings (SSSR count). The molecule has 0 fully saturated rings. The van der Waals surface area contributed by atoms with Gasteiger partial charge in [-0.3, -0.25) is 4.79 Å². The molecule has 0 spiro atoms. The van der Waals surface area contributed by atoms with Gasteiger partial charge in [0, 0.05) is 0 Å². The van der Waals surface area contributed by atoms with Crippen LogP contribution in [0.15, 0.2) is 15.8 Å². The first-order valence-corrected chi connectivity index (χ1v) is 5.97. The van der Waals surface area contributed by atoms with E-state index in [4.69, 9.17) is 10.5 Å². The molecule has 0 unspecified atom stereocenters. The third-order valence-corrected chi connectivity index (χ3v) is 3.42. The molecule has 5 nitrogen and oxygen atoms in total. The van der Waals surface area contributed by atoms with E-state index < -0.39 is 0 Å². The maximum atomic E-state index is 11.1. The average molecular weight is 292 g/mol. The lowest BCUT2D eigenvalue weighted by atomic mass is 10.6. The Morgan fingerprint density at radius 3 is 3.07 bits per heavy atom. The average Bonchev–Trinajstić information content (AvgIpc) is 2.21. The van der Waals surface area contributed by atoms with Crippen LogP contribution in [0.1, 0.15) is 6.92 Å². The van der Waals surface area contributed by atoms with Gasteiger partial charge >= 0.3 is 5.97 Å². The Balaban J connectivity index is 2.58. The van der Waals surface area contributed by atoms with Crippen LogP contribution < -0.4 is 5.73 Å². The Morgan fingerprint density at radius 1 is 1.67 bits per heavy atom. The molecule has 1 aromatic heterocycles. The lowest BCUT2D eigenvalue weighted by Crippen LogP contribution is -2.07. The molecular formula is C8H10BrN3O2S. The van der Waals surface area contributed by atoms with Gasteiger partial charge in [0.25, 0.3) is 0 Å². The second kappa shape index (κ2) is 5.92. The molecule has 0 aliphatic heterocycles. The van der Waals surface area contributed by atoms with E-state index in [0.29, 0.717) is 21.9 Å². The van der Waals surface area contributed by atoms with Crippen LogP contribution in [-0.4, -0.2) is 28.3 Å². The van der Waals surface area contributed by atoms with Gasteiger partial charge < -0.3 is 10.5 Å². The summed E-state index contributed by atoms with van der Waals surface area (Å²) >= 11 is 4.50. The number of hydrogen-bond donors (Lipinski definition) is 1. The number of anilines is 1. The first-order valence-electron chi connectivity index (χ1n) is 4.19. The highest BCUT2D eigenvalue weighted by Gasteiger charge is 2.09. The summed E-state index contributed by atoms with van der Waals surface area (Å²) in [6.45, 7) is 2.15. The van der Waals surface area contributed by atoms with Gasteiger partial charge in [-0.25, -0.2) is 9.97 Å². The smallest absolute Gasteiger partial charge is 0.316 e. The van der Waals surface area contributed by atoms with Gasteiger partial charge in [0.1, 0.15) is 17.2 Å². The number of carbonyl (C=O) groups is 1. The highest BCUT2D eigenvalue weighted by molar-refractivity contribution is 9.10. The Kier molecular flexibility index (Phi) is 4.83. The monoisotopic (exact) mass is 291 g/mol. The lowest BCUT2D eigenvalue weighted by Gasteiger charge is -2.04. The number of nitrogens with two attached hydrogens (primary N) is 1. The van der Waals surface area contributed by atoms with Crippen LogP contribution in [0.3, 0.4) is 0 Å². The van der Waals surface area contributed by atoms with Gasteiger partial charge in [-0.15, -0.1) is 0 Å². The quantitative estimate of drug-likeness (QED) is 0.514. The van der Waals surface area contributed by atoms with E-state index in [9.17, 15) is 4.79 Å². The van der Waals surface area contributed by atoms with Crippen molar-refractivity contribution in [3.63, 3.8) is 0 Å².